The van der Waals surface area contributed by atoms with Crippen molar-refractivity contribution in [1.82, 2.24) is 10.0 Å². The van der Waals surface area contributed by atoms with Crippen LogP contribution in [0.5, 0.6) is 0 Å². The molecule has 0 radical (unpaired) electrons. The Balaban J connectivity index is 1.79. The molecule has 0 fully saturated rings. The quantitative estimate of drug-likeness (QED) is 0.446. The molecule has 4 rings (SSSR count). The van der Waals surface area contributed by atoms with Crippen LogP contribution in [0.2, 0.25) is 5.02 Å². The Morgan fingerprint density at radius 2 is 1.29 bits per heavy atom. The number of Topliss-reactive ketones (excluding diaryl/α,β-unsaturated/α-hetero) is 1. The van der Waals surface area contributed by atoms with Crippen LogP contribution < -0.4 is 0 Å². The van der Waals surface area contributed by atoms with Gasteiger partial charge in [-0.2, -0.15) is 5.01 Å². The van der Waals surface area contributed by atoms with E-state index < -0.39 is 29.5 Å². The summed E-state index contributed by atoms with van der Waals surface area (Å²) in [6.45, 7) is 1.49. The zero-order chi connectivity index (χ0) is 22.1. The van der Waals surface area contributed by atoms with E-state index in [1.807, 2.05) is 0 Å². The van der Waals surface area contributed by atoms with Crippen molar-refractivity contribution in [3.05, 3.63) is 106 Å². The number of nitrogens with zero attached hydrogens (tertiary/aromatic N) is 2. The van der Waals surface area contributed by atoms with E-state index in [-0.39, 0.29) is 16.7 Å². The first-order valence-corrected chi connectivity index (χ1v) is 9.94. The Bertz CT molecular complexity index is 1160. The molecular weight excluding hydrogens is 416 g/mol. The lowest BCUT2D eigenvalue weighted by molar-refractivity contribution is -0.00680. The van der Waals surface area contributed by atoms with Crippen molar-refractivity contribution in [1.29, 1.82) is 0 Å². The molecule has 154 valence electrons. The number of halogens is 1. The second-order valence-corrected chi connectivity index (χ2v) is 7.47. The molecular formula is C24H17ClN2O4. The number of imide groups is 1. The lowest BCUT2D eigenvalue weighted by Gasteiger charge is -2.34. The summed E-state index contributed by atoms with van der Waals surface area (Å²) >= 11 is 5.93. The lowest BCUT2D eigenvalue weighted by atomic mass is 10.0. The molecule has 0 saturated heterocycles. The van der Waals surface area contributed by atoms with Crippen molar-refractivity contribution in [2.45, 2.75) is 13.0 Å². The number of carbonyl (C=O) groups is 4. The topological polar surface area (TPSA) is 74.8 Å². The van der Waals surface area contributed by atoms with Gasteiger partial charge >= 0.3 is 0 Å². The first kappa shape index (κ1) is 20.5. The Labute approximate surface area is 183 Å². The van der Waals surface area contributed by atoms with E-state index in [0.29, 0.717) is 10.6 Å². The number of fused-ring (bicyclic) bond motifs is 1. The standard InChI is InChI=1S/C24H17ClN2O4/c1-15(21(28)16-7-3-2-4-8-16)26(22(29)17-11-13-18(25)14-12-17)27-23(30)19-9-5-6-10-20(19)24(27)31/h2-15H,1H3/t15-/m1/s1. The highest BCUT2D eigenvalue weighted by atomic mass is 35.5. The fourth-order valence-electron chi connectivity index (χ4n) is 3.49. The van der Waals surface area contributed by atoms with Gasteiger partial charge in [-0.25, -0.2) is 5.01 Å². The van der Waals surface area contributed by atoms with Gasteiger partial charge in [-0.1, -0.05) is 54.1 Å². The molecule has 0 aliphatic carbocycles. The van der Waals surface area contributed by atoms with Crippen LogP contribution in [0, 0.1) is 0 Å². The highest BCUT2D eigenvalue weighted by molar-refractivity contribution is 6.30. The van der Waals surface area contributed by atoms with E-state index in [4.69, 9.17) is 11.6 Å². The molecule has 1 heterocycles. The minimum absolute atomic E-state index is 0.181. The zero-order valence-electron chi connectivity index (χ0n) is 16.5. The van der Waals surface area contributed by atoms with Crippen LogP contribution >= 0.6 is 11.6 Å². The van der Waals surface area contributed by atoms with Crippen LogP contribution in [0.1, 0.15) is 48.4 Å². The molecule has 0 spiro atoms. The van der Waals surface area contributed by atoms with Crippen molar-refractivity contribution in [2.24, 2.45) is 0 Å². The maximum Gasteiger partial charge on any atom is 0.280 e. The molecule has 0 aromatic heterocycles. The number of hydrazine groups is 1. The number of benzene rings is 3. The molecule has 0 N–H and O–H groups in total. The smallest absolute Gasteiger partial charge is 0.280 e. The molecule has 0 saturated carbocycles. The predicted molar refractivity (Wildman–Crippen MR) is 115 cm³/mol. The van der Waals surface area contributed by atoms with Gasteiger partial charge in [0, 0.05) is 16.1 Å². The van der Waals surface area contributed by atoms with Gasteiger partial charge in [0.2, 0.25) is 0 Å². The van der Waals surface area contributed by atoms with Crippen LogP contribution in [0.4, 0.5) is 0 Å². The Kier molecular flexibility index (Phi) is 5.40. The molecule has 1 aliphatic rings. The van der Waals surface area contributed by atoms with Crippen molar-refractivity contribution in [2.75, 3.05) is 0 Å². The fraction of sp³-hybridized carbons (Fsp3) is 0.0833. The summed E-state index contributed by atoms with van der Waals surface area (Å²) in [5, 5.41) is 2.12. The maximum absolute atomic E-state index is 13.4. The second kappa shape index (κ2) is 8.16. The SMILES string of the molecule is C[C@H](C(=O)c1ccccc1)N(C(=O)c1ccc(Cl)cc1)N1C(=O)c2ccccc2C1=O. The summed E-state index contributed by atoms with van der Waals surface area (Å²) in [5.74, 6) is -2.38. The molecule has 31 heavy (non-hydrogen) atoms. The fourth-order valence-corrected chi connectivity index (χ4v) is 3.62. The predicted octanol–water partition coefficient (Wildman–Crippen LogP) is 4.26. The summed E-state index contributed by atoms with van der Waals surface area (Å²) in [6, 6.07) is 19.6. The molecule has 7 heteroatoms. The van der Waals surface area contributed by atoms with Gasteiger partial charge < -0.3 is 0 Å². The van der Waals surface area contributed by atoms with Crippen molar-refractivity contribution >= 4 is 35.1 Å². The van der Waals surface area contributed by atoms with E-state index in [1.165, 1.54) is 43.3 Å². The maximum atomic E-state index is 13.4. The molecule has 0 unspecified atom stereocenters. The highest BCUT2D eigenvalue weighted by Gasteiger charge is 2.44. The number of hydrogen-bond acceptors (Lipinski definition) is 4. The molecule has 1 aliphatic heterocycles. The number of ketones is 1. The Hall–Kier alpha value is -3.77. The first-order chi connectivity index (χ1) is 14.9. The highest BCUT2D eigenvalue weighted by Crippen LogP contribution is 2.27. The van der Waals surface area contributed by atoms with E-state index in [2.05, 4.69) is 0 Å². The van der Waals surface area contributed by atoms with Crippen molar-refractivity contribution in [3.63, 3.8) is 0 Å². The van der Waals surface area contributed by atoms with Gasteiger partial charge in [0.05, 0.1) is 11.1 Å². The average molecular weight is 433 g/mol. The summed E-state index contributed by atoms with van der Waals surface area (Å²) in [6.07, 6.45) is 0. The Morgan fingerprint density at radius 1 is 0.774 bits per heavy atom. The first-order valence-electron chi connectivity index (χ1n) is 9.56. The third-order valence-electron chi connectivity index (χ3n) is 5.09. The molecule has 3 aromatic carbocycles. The number of amides is 3. The number of hydrogen-bond donors (Lipinski definition) is 0. The number of rotatable bonds is 5. The number of carbonyl (C=O) groups excluding carboxylic acids is 4. The average Bonchev–Trinajstić information content (AvgIpc) is 3.05. The van der Waals surface area contributed by atoms with Crippen LogP contribution in [0.15, 0.2) is 78.9 Å². The minimum atomic E-state index is -1.12. The molecule has 3 aromatic rings. The van der Waals surface area contributed by atoms with Gasteiger partial charge in [-0.3, -0.25) is 19.2 Å². The third-order valence-corrected chi connectivity index (χ3v) is 5.34. The summed E-state index contributed by atoms with van der Waals surface area (Å²) in [4.78, 5) is 52.8. The molecule has 3 amide bonds. The summed E-state index contributed by atoms with van der Waals surface area (Å²) in [7, 11) is 0. The van der Waals surface area contributed by atoms with Crippen LogP contribution in [-0.4, -0.2) is 39.6 Å². The second-order valence-electron chi connectivity index (χ2n) is 7.03. The van der Waals surface area contributed by atoms with Gasteiger partial charge in [0.1, 0.15) is 6.04 Å². The summed E-state index contributed by atoms with van der Waals surface area (Å²) in [5.41, 5.74) is 0.913. The monoisotopic (exact) mass is 432 g/mol. The van der Waals surface area contributed by atoms with Gasteiger partial charge in [-0.15, -0.1) is 0 Å². The van der Waals surface area contributed by atoms with Gasteiger partial charge in [0.25, 0.3) is 17.7 Å². The normalized spacial score (nSPS) is 13.7. The Morgan fingerprint density at radius 3 is 1.84 bits per heavy atom. The molecule has 1 atom stereocenters. The van der Waals surface area contributed by atoms with Crippen LogP contribution in [-0.2, 0) is 0 Å². The van der Waals surface area contributed by atoms with E-state index in [9.17, 15) is 19.2 Å². The van der Waals surface area contributed by atoms with E-state index in [0.717, 1.165) is 10.0 Å². The van der Waals surface area contributed by atoms with Gasteiger partial charge in [0.15, 0.2) is 5.78 Å². The van der Waals surface area contributed by atoms with Crippen LogP contribution in [0.25, 0.3) is 0 Å². The molecule has 6 nitrogen and oxygen atoms in total. The summed E-state index contributed by atoms with van der Waals surface area (Å²) < 4.78 is 0. The van der Waals surface area contributed by atoms with Gasteiger partial charge in [-0.05, 0) is 43.3 Å². The largest absolute Gasteiger partial charge is 0.292 e. The molecule has 0 bridgehead atoms. The van der Waals surface area contributed by atoms with E-state index in [1.54, 1.807) is 42.5 Å². The third kappa shape index (κ3) is 3.62. The zero-order valence-corrected chi connectivity index (χ0v) is 17.2. The van der Waals surface area contributed by atoms with E-state index >= 15 is 0 Å². The van der Waals surface area contributed by atoms with Crippen molar-refractivity contribution < 1.29 is 19.2 Å². The van der Waals surface area contributed by atoms with Crippen LogP contribution in [0.3, 0.4) is 0 Å². The van der Waals surface area contributed by atoms with Crippen molar-refractivity contribution in [3.8, 4) is 0 Å². The minimum Gasteiger partial charge on any atom is -0.292 e. The lowest BCUT2D eigenvalue weighted by Crippen LogP contribution is -2.56.